The Hall–Kier alpha value is -2.86. The van der Waals surface area contributed by atoms with Crippen molar-refractivity contribution in [2.75, 3.05) is 38.2 Å². The van der Waals surface area contributed by atoms with E-state index in [0.29, 0.717) is 53.9 Å². The fourth-order valence-electron chi connectivity index (χ4n) is 3.61. The second-order valence-corrected chi connectivity index (χ2v) is 9.34. The molecular weight excluding hydrogens is 444 g/mol. The molecule has 0 bridgehead atoms. The summed E-state index contributed by atoms with van der Waals surface area (Å²) in [6.07, 6.45) is 3.17. The van der Waals surface area contributed by atoms with Crippen molar-refractivity contribution < 1.29 is 19.7 Å². The Morgan fingerprint density at radius 3 is 2.61 bits per heavy atom. The standard InChI is InChI=1S/C22H28N6O4S/c1-4-23-20(30)27-21-26-16-9-14(13-10-24-19(25-11-13)22(2,3)31)17(29)15(18(16)33-21)12-28-5-7-32-8-6-28/h9-11,29,31H,4-8,12H2,1-3H3,(H2,23,26,27,30). The molecule has 33 heavy (non-hydrogen) atoms. The van der Waals surface area contributed by atoms with Gasteiger partial charge in [-0.15, -0.1) is 0 Å². The molecule has 4 rings (SSSR count). The van der Waals surface area contributed by atoms with E-state index in [1.165, 1.54) is 11.3 Å². The van der Waals surface area contributed by atoms with Crippen LogP contribution in [0.15, 0.2) is 18.5 Å². The lowest BCUT2D eigenvalue weighted by Crippen LogP contribution is -2.35. The minimum absolute atomic E-state index is 0.127. The topological polar surface area (TPSA) is 133 Å². The number of morpholine rings is 1. The first-order valence-electron chi connectivity index (χ1n) is 10.8. The number of phenols is 1. The highest BCUT2D eigenvalue weighted by atomic mass is 32.1. The number of aromatic nitrogens is 3. The highest BCUT2D eigenvalue weighted by molar-refractivity contribution is 7.22. The Morgan fingerprint density at radius 1 is 1.27 bits per heavy atom. The molecule has 11 heteroatoms. The van der Waals surface area contributed by atoms with Gasteiger partial charge in [0.05, 0.1) is 23.4 Å². The van der Waals surface area contributed by atoms with E-state index in [-0.39, 0.29) is 11.8 Å². The van der Waals surface area contributed by atoms with Crippen LogP contribution in [0.2, 0.25) is 0 Å². The average Bonchev–Trinajstić information content (AvgIpc) is 3.18. The maximum Gasteiger partial charge on any atom is 0.321 e. The normalized spacial score (nSPS) is 15.0. The first kappa shape index (κ1) is 23.3. The number of aliphatic hydroxyl groups is 1. The van der Waals surface area contributed by atoms with Crippen LogP contribution in [0.4, 0.5) is 9.93 Å². The van der Waals surface area contributed by atoms with Crippen LogP contribution in [0.3, 0.4) is 0 Å². The Bertz CT molecular complexity index is 1140. The van der Waals surface area contributed by atoms with Gasteiger partial charge in [-0.1, -0.05) is 11.3 Å². The number of nitrogens with zero attached hydrogens (tertiary/aromatic N) is 4. The zero-order valence-corrected chi connectivity index (χ0v) is 19.7. The van der Waals surface area contributed by atoms with E-state index >= 15 is 0 Å². The summed E-state index contributed by atoms with van der Waals surface area (Å²) in [7, 11) is 0. The smallest absolute Gasteiger partial charge is 0.321 e. The number of thiazole rings is 1. The molecule has 0 spiro atoms. The van der Waals surface area contributed by atoms with E-state index in [1.54, 1.807) is 32.3 Å². The zero-order valence-electron chi connectivity index (χ0n) is 18.9. The minimum atomic E-state index is -1.17. The van der Waals surface area contributed by atoms with Gasteiger partial charge >= 0.3 is 6.03 Å². The number of fused-ring (bicyclic) bond motifs is 1. The molecule has 1 aromatic carbocycles. The predicted molar refractivity (Wildman–Crippen MR) is 126 cm³/mol. The van der Waals surface area contributed by atoms with Crippen LogP contribution in [-0.4, -0.2) is 68.9 Å². The largest absolute Gasteiger partial charge is 0.507 e. The number of carbonyl (C=O) groups excluding carboxylic acids is 1. The molecule has 10 nitrogen and oxygen atoms in total. The third-order valence-electron chi connectivity index (χ3n) is 5.30. The summed E-state index contributed by atoms with van der Waals surface area (Å²) in [6, 6.07) is 1.45. The summed E-state index contributed by atoms with van der Waals surface area (Å²) in [5.74, 6) is 0.421. The molecule has 4 N–H and O–H groups in total. The molecule has 1 aliphatic heterocycles. The van der Waals surface area contributed by atoms with Gasteiger partial charge in [-0.2, -0.15) is 0 Å². The number of urea groups is 1. The van der Waals surface area contributed by atoms with Crippen molar-refractivity contribution >= 4 is 32.7 Å². The number of amides is 2. The van der Waals surface area contributed by atoms with Crippen LogP contribution in [-0.2, 0) is 16.9 Å². The monoisotopic (exact) mass is 472 g/mol. The second kappa shape index (κ2) is 9.56. The summed E-state index contributed by atoms with van der Waals surface area (Å²) in [6.45, 7) is 8.90. The molecule has 2 amide bonds. The molecule has 0 unspecified atom stereocenters. The SMILES string of the molecule is CCNC(=O)Nc1nc2cc(-c3cnc(C(C)(C)O)nc3)c(O)c(CN3CCOCC3)c2s1. The number of hydrogen-bond acceptors (Lipinski definition) is 9. The van der Waals surface area contributed by atoms with Crippen molar-refractivity contribution in [2.24, 2.45) is 0 Å². The van der Waals surface area contributed by atoms with Crippen LogP contribution < -0.4 is 10.6 Å². The highest BCUT2D eigenvalue weighted by Gasteiger charge is 2.23. The molecule has 1 saturated heterocycles. The molecule has 3 aromatic rings. The van der Waals surface area contributed by atoms with E-state index in [0.717, 1.165) is 23.4 Å². The first-order valence-corrected chi connectivity index (χ1v) is 11.6. The van der Waals surface area contributed by atoms with Gasteiger partial charge in [0.15, 0.2) is 11.0 Å². The summed E-state index contributed by atoms with van der Waals surface area (Å²) in [5.41, 5.74) is 1.38. The summed E-state index contributed by atoms with van der Waals surface area (Å²) in [5, 5.41) is 27.3. The summed E-state index contributed by atoms with van der Waals surface area (Å²) in [4.78, 5) is 27.3. The van der Waals surface area contributed by atoms with Crippen molar-refractivity contribution in [3.05, 3.63) is 29.8 Å². The molecule has 176 valence electrons. The molecule has 0 radical (unpaired) electrons. The Morgan fingerprint density at radius 2 is 1.97 bits per heavy atom. The van der Waals surface area contributed by atoms with Gasteiger partial charge < -0.3 is 20.3 Å². The maximum atomic E-state index is 12.0. The van der Waals surface area contributed by atoms with E-state index in [9.17, 15) is 15.0 Å². The summed E-state index contributed by atoms with van der Waals surface area (Å²) >= 11 is 1.33. The van der Waals surface area contributed by atoms with Gasteiger partial charge in [0.1, 0.15) is 11.4 Å². The molecule has 1 aliphatic rings. The molecule has 3 heterocycles. The van der Waals surface area contributed by atoms with Crippen molar-refractivity contribution in [1.82, 2.24) is 25.2 Å². The number of rotatable bonds is 6. The van der Waals surface area contributed by atoms with Crippen molar-refractivity contribution in [3.8, 4) is 16.9 Å². The number of anilines is 1. The van der Waals surface area contributed by atoms with Gasteiger partial charge in [0, 0.05) is 55.3 Å². The van der Waals surface area contributed by atoms with Gasteiger partial charge in [0.25, 0.3) is 0 Å². The number of carbonyl (C=O) groups is 1. The van der Waals surface area contributed by atoms with Crippen LogP contribution in [0.25, 0.3) is 21.3 Å². The fraction of sp³-hybridized carbons (Fsp3) is 0.455. The molecule has 0 saturated carbocycles. The molecule has 2 aromatic heterocycles. The number of nitrogens with one attached hydrogen (secondary N) is 2. The van der Waals surface area contributed by atoms with E-state index in [1.807, 2.05) is 6.92 Å². The van der Waals surface area contributed by atoms with Crippen LogP contribution in [0.1, 0.15) is 32.2 Å². The van der Waals surface area contributed by atoms with Crippen molar-refractivity contribution in [2.45, 2.75) is 32.9 Å². The number of phenolic OH excluding ortho intramolecular Hbond substituents is 1. The zero-order chi connectivity index (χ0) is 23.6. The Labute approximate surface area is 195 Å². The van der Waals surface area contributed by atoms with Crippen molar-refractivity contribution in [3.63, 3.8) is 0 Å². The Balaban J connectivity index is 1.77. The number of ether oxygens (including phenoxy) is 1. The van der Waals surface area contributed by atoms with Crippen LogP contribution in [0.5, 0.6) is 5.75 Å². The quantitative estimate of drug-likeness (QED) is 0.430. The summed E-state index contributed by atoms with van der Waals surface area (Å²) < 4.78 is 6.26. The highest BCUT2D eigenvalue weighted by Crippen LogP contribution is 2.41. The van der Waals surface area contributed by atoms with Gasteiger partial charge in [0.2, 0.25) is 0 Å². The second-order valence-electron chi connectivity index (χ2n) is 8.35. The predicted octanol–water partition coefficient (Wildman–Crippen LogP) is 2.66. The van der Waals surface area contributed by atoms with Crippen LogP contribution in [0, 0.1) is 0 Å². The lowest BCUT2D eigenvalue weighted by atomic mass is 10.0. The molecule has 1 fully saturated rings. The van der Waals surface area contributed by atoms with E-state index in [2.05, 4.69) is 30.5 Å². The van der Waals surface area contributed by atoms with E-state index < -0.39 is 5.60 Å². The fourth-order valence-corrected chi connectivity index (χ4v) is 4.58. The lowest BCUT2D eigenvalue weighted by Gasteiger charge is -2.27. The van der Waals surface area contributed by atoms with Crippen molar-refractivity contribution in [1.29, 1.82) is 0 Å². The number of aromatic hydroxyl groups is 1. The molecule has 0 aliphatic carbocycles. The minimum Gasteiger partial charge on any atom is -0.507 e. The van der Waals surface area contributed by atoms with Gasteiger partial charge in [-0.25, -0.2) is 19.7 Å². The number of hydrogen-bond donors (Lipinski definition) is 4. The average molecular weight is 473 g/mol. The van der Waals surface area contributed by atoms with E-state index in [4.69, 9.17) is 4.74 Å². The Kier molecular flexibility index (Phi) is 6.75. The molecule has 0 atom stereocenters. The molecular formula is C22H28N6O4S. The lowest BCUT2D eigenvalue weighted by molar-refractivity contribution is 0.0341. The third-order valence-corrected chi connectivity index (χ3v) is 6.35. The maximum absolute atomic E-state index is 12.0. The van der Waals surface area contributed by atoms with Gasteiger partial charge in [-0.3, -0.25) is 10.2 Å². The third kappa shape index (κ3) is 5.22. The number of benzene rings is 1. The first-order chi connectivity index (χ1) is 15.8. The van der Waals surface area contributed by atoms with Gasteiger partial charge in [-0.05, 0) is 26.8 Å². The van der Waals surface area contributed by atoms with Crippen LogP contribution >= 0.6 is 11.3 Å².